The summed E-state index contributed by atoms with van der Waals surface area (Å²) in [7, 11) is 1.59. The fourth-order valence-electron chi connectivity index (χ4n) is 4.24. The van der Waals surface area contributed by atoms with Crippen molar-refractivity contribution in [1.82, 2.24) is 9.80 Å². The number of likely N-dealkylation sites (tertiary alicyclic amines) is 2. The third kappa shape index (κ3) is 4.75. The van der Waals surface area contributed by atoms with Crippen molar-refractivity contribution in [2.45, 2.75) is 38.3 Å². The molecule has 2 aliphatic heterocycles. The smallest absolute Gasteiger partial charge is 0.257 e. The van der Waals surface area contributed by atoms with Gasteiger partial charge < -0.3 is 14.4 Å². The molecule has 2 fully saturated rings. The predicted octanol–water partition coefficient (Wildman–Crippen LogP) is 4.11. The molecule has 2 aromatic carbocycles. The molecule has 2 saturated heterocycles. The number of piperidine rings is 1. The number of carbonyl (C=O) groups excluding carboxylic acids is 1. The summed E-state index contributed by atoms with van der Waals surface area (Å²) in [5.41, 5.74) is 1.30. The van der Waals surface area contributed by atoms with E-state index in [0.717, 1.165) is 51.9 Å². The number of para-hydroxylation sites is 1. The van der Waals surface area contributed by atoms with Crippen LogP contribution in [0.3, 0.4) is 0 Å². The molecule has 6 heteroatoms. The summed E-state index contributed by atoms with van der Waals surface area (Å²) in [6, 6.07) is 12.4. The molecular weight excluding hydrogens is 383 g/mol. The summed E-state index contributed by atoms with van der Waals surface area (Å²) in [6.45, 7) is 3.85. The van der Waals surface area contributed by atoms with Gasteiger partial charge in [0.1, 0.15) is 23.4 Å². The Labute approximate surface area is 177 Å². The molecule has 0 aromatic heterocycles. The first-order valence-corrected chi connectivity index (χ1v) is 10.7. The number of hydrogen-bond acceptors (Lipinski definition) is 4. The first-order valence-electron chi connectivity index (χ1n) is 10.7. The van der Waals surface area contributed by atoms with Gasteiger partial charge in [0.15, 0.2) is 0 Å². The van der Waals surface area contributed by atoms with Gasteiger partial charge in [-0.1, -0.05) is 12.1 Å². The summed E-state index contributed by atoms with van der Waals surface area (Å²) in [4.78, 5) is 17.0. The van der Waals surface area contributed by atoms with E-state index in [-0.39, 0.29) is 17.8 Å². The lowest BCUT2D eigenvalue weighted by atomic mass is 10.1. The highest BCUT2D eigenvalue weighted by atomic mass is 19.1. The topological polar surface area (TPSA) is 42.0 Å². The van der Waals surface area contributed by atoms with E-state index in [2.05, 4.69) is 4.90 Å². The number of benzene rings is 2. The summed E-state index contributed by atoms with van der Waals surface area (Å²) >= 11 is 0. The molecule has 0 bridgehead atoms. The van der Waals surface area contributed by atoms with Crippen molar-refractivity contribution in [3.05, 3.63) is 59.4 Å². The van der Waals surface area contributed by atoms with E-state index < -0.39 is 0 Å². The van der Waals surface area contributed by atoms with E-state index in [4.69, 9.17) is 9.47 Å². The average molecular weight is 413 g/mol. The van der Waals surface area contributed by atoms with Crippen LogP contribution >= 0.6 is 0 Å². The number of hydrogen-bond donors (Lipinski definition) is 0. The molecule has 1 amide bonds. The Morgan fingerprint density at radius 1 is 1.07 bits per heavy atom. The van der Waals surface area contributed by atoms with Crippen LogP contribution in [0.25, 0.3) is 0 Å². The highest BCUT2D eigenvalue weighted by Crippen LogP contribution is 2.26. The van der Waals surface area contributed by atoms with Crippen LogP contribution in [0.1, 0.15) is 41.6 Å². The van der Waals surface area contributed by atoms with Gasteiger partial charge in [-0.05, 0) is 56.0 Å². The fourth-order valence-corrected chi connectivity index (χ4v) is 4.24. The number of amides is 1. The van der Waals surface area contributed by atoms with Gasteiger partial charge >= 0.3 is 0 Å². The number of rotatable bonds is 6. The molecule has 30 heavy (non-hydrogen) atoms. The van der Waals surface area contributed by atoms with E-state index in [1.165, 1.54) is 6.07 Å². The molecule has 0 aliphatic carbocycles. The predicted molar refractivity (Wildman–Crippen MR) is 113 cm³/mol. The van der Waals surface area contributed by atoms with Crippen LogP contribution in [0.2, 0.25) is 0 Å². The van der Waals surface area contributed by atoms with E-state index in [1.54, 1.807) is 19.2 Å². The number of ether oxygens (including phenoxy) is 2. The van der Waals surface area contributed by atoms with Crippen LogP contribution < -0.4 is 9.47 Å². The molecule has 2 heterocycles. The third-order valence-corrected chi connectivity index (χ3v) is 5.99. The van der Waals surface area contributed by atoms with Crippen LogP contribution in [0.15, 0.2) is 42.5 Å². The highest BCUT2D eigenvalue weighted by Gasteiger charge is 2.26. The Hall–Kier alpha value is -2.60. The fraction of sp³-hybridized carbons (Fsp3) is 0.458. The quantitative estimate of drug-likeness (QED) is 0.716. The Morgan fingerprint density at radius 2 is 1.80 bits per heavy atom. The lowest BCUT2D eigenvalue weighted by Gasteiger charge is -2.32. The van der Waals surface area contributed by atoms with E-state index in [1.807, 2.05) is 29.2 Å². The van der Waals surface area contributed by atoms with Gasteiger partial charge in [0.05, 0.1) is 12.7 Å². The molecule has 2 aliphatic rings. The van der Waals surface area contributed by atoms with Gasteiger partial charge in [-0.2, -0.15) is 0 Å². The van der Waals surface area contributed by atoms with E-state index in [0.29, 0.717) is 29.2 Å². The normalized spacial score (nSPS) is 17.9. The van der Waals surface area contributed by atoms with Crippen LogP contribution in [0.5, 0.6) is 11.5 Å². The monoisotopic (exact) mass is 412 g/mol. The van der Waals surface area contributed by atoms with Gasteiger partial charge in [-0.25, -0.2) is 4.39 Å². The van der Waals surface area contributed by atoms with Crippen molar-refractivity contribution >= 4 is 5.91 Å². The molecule has 0 spiro atoms. The minimum atomic E-state index is -0.205. The summed E-state index contributed by atoms with van der Waals surface area (Å²) in [5.74, 6) is 1.20. The maximum Gasteiger partial charge on any atom is 0.257 e. The zero-order valence-electron chi connectivity index (χ0n) is 17.5. The summed E-state index contributed by atoms with van der Waals surface area (Å²) in [6.07, 6.45) is 3.89. The zero-order valence-corrected chi connectivity index (χ0v) is 17.5. The van der Waals surface area contributed by atoms with Crippen molar-refractivity contribution in [2.24, 2.45) is 0 Å². The van der Waals surface area contributed by atoms with Crippen molar-refractivity contribution in [3.63, 3.8) is 0 Å². The second kappa shape index (κ2) is 9.47. The summed E-state index contributed by atoms with van der Waals surface area (Å²) in [5, 5.41) is 0. The Kier molecular flexibility index (Phi) is 6.53. The van der Waals surface area contributed by atoms with Crippen molar-refractivity contribution < 1.29 is 18.7 Å². The molecule has 5 nitrogen and oxygen atoms in total. The molecule has 0 radical (unpaired) electrons. The van der Waals surface area contributed by atoms with E-state index >= 15 is 0 Å². The second-order valence-electron chi connectivity index (χ2n) is 8.05. The van der Waals surface area contributed by atoms with Crippen LogP contribution in [-0.2, 0) is 6.54 Å². The molecule has 4 rings (SSSR count). The SMILES string of the molecule is COc1ccc(F)c(CN2CCC(Oc3ccccc3C(=O)N3CCCC3)CC2)c1. The number of halogens is 1. The first-order chi connectivity index (χ1) is 14.6. The standard InChI is InChI=1S/C24H29FN2O3/c1-29-20-8-9-22(25)18(16-20)17-26-14-10-19(11-15-26)30-23-7-3-2-6-21(23)24(28)27-12-4-5-13-27/h2-3,6-9,16,19H,4-5,10-15,17H2,1H3. The maximum atomic E-state index is 14.1. The van der Waals surface area contributed by atoms with Gasteiger partial charge in [-0.15, -0.1) is 0 Å². The average Bonchev–Trinajstić information content (AvgIpc) is 3.31. The third-order valence-electron chi connectivity index (χ3n) is 5.99. The Balaban J connectivity index is 1.35. The van der Waals surface area contributed by atoms with Gasteiger partial charge in [0.25, 0.3) is 5.91 Å². The van der Waals surface area contributed by atoms with Crippen molar-refractivity contribution in [1.29, 1.82) is 0 Å². The highest BCUT2D eigenvalue weighted by molar-refractivity contribution is 5.97. The summed E-state index contributed by atoms with van der Waals surface area (Å²) < 4.78 is 25.6. The Morgan fingerprint density at radius 3 is 2.53 bits per heavy atom. The Bertz CT molecular complexity index is 875. The number of carbonyl (C=O) groups is 1. The lowest BCUT2D eigenvalue weighted by molar-refractivity contribution is 0.0764. The maximum absolute atomic E-state index is 14.1. The minimum Gasteiger partial charge on any atom is -0.497 e. The molecular formula is C24H29FN2O3. The second-order valence-corrected chi connectivity index (χ2v) is 8.05. The number of methoxy groups -OCH3 is 1. The zero-order chi connectivity index (χ0) is 20.9. The molecule has 0 unspecified atom stereocenters. The molecule has 0 N–H and O–H groups in total. The van der Waals surface area contributed by atoms with Crippen LogP contribution in [0.4, 0.5) is 4.39 Å². The first kappa shape index (κ1) is 20.7. The van der Waals surface area contributed by atoms with E-state index in [9.17, 15) is 9.18 Å². The van der Waals surface area contributed by atoms with Crippen LogP contribution in [0, 0.1) is 5.82 Å². The number of nitrogens with zero attached hydrogens (tertiary/aromatic N) is 2. The van der Waals surface area contributed by atoms with Crippen molar-refractivity contribution in [3.8, 4) is 11.5 Å². The van der Waals surface area contributed by atoms with Gasteiger partial charge in [-0.3, -0.25) is 9.69 Å². The molecule has 0 atom stereocenters. The lowest BCUT2D eigenvalue weighted by Crippen LogP contribution is -2.38. The minimum absolute atomic E-state index is 0.0592. The van der Waals surface area contributed by atoms with Gasteiger partial charge in [0.2, 0.25) is 0 Å². The molecule has 2 aromatic rings. The molecule has 0 saturated carbocycles. The largest absolute Gasteiger partial charge is 0.497 e. The van der Waals surface area contributed by atoms with Crippen LogP contribution in [-0.4, -0.2) is 55.1 Å². The van der Waals surface area contributed by atoms with Gasteiger partial charge in [0, 0.05) is 38.3 Å². The molecule has 160 valence electrons. The van der Waals surface area contributed by atoms with Crippen molar-refractivity contribution in [2.75, 3.05) is 33.3 Å².